The minimum atomic E-state index is -0.0128. The van der Waals surface area contributed by atoms with E-state index in [2.05, 4.69) is 270 Å². The Morgan fingerprint density at radius 2 is 1.11 bits per heavy atom. The molecule has 0 saturated carbocycles. The largest absolute Gasteiger partial charge is 0.458 e. The Labute approximate surface area is 411 Å². The smallest absolute Gasteiger partial charge is 0.269 e. The third-order valence-corrected chi connectivity index (χ3v) is 13.7. The summed E-state index contributed by atoms with van der Waals surface area (Å²) in [5.74, 6) is 2.63. The Balaban J connectivity index is 1.02. The highest BCUT2D eigenvalue weighted by Gasteiger charge is 2.23. The molecule has 5 heteroatoms. The zero-order chi connectivity index (χ0) is 48.3. The van der Waals surface area contributed by atoms with Crippen LogP contribution in [0.3, 0.4) is 0 Å². The molecule has 0 amide bonds. The molecule has 11 aromatic rings. The van der Waals surface area contributed by atoms with Crippen molar-refractivity contribution in [3.05, 3.63) is 223 Å². The second-order valence-corrected chi connectivity index (χ2v) is 20.9. The summed E-state index contributed by atoms with van der Waals surface area (Å²) in [5, 5.41) is 2.35. The van der Waals surface area contributed by atoms with Gasteiger partial charge < -0.3 is 4.74 Å². The molecule has 0 fully saturated rings. The van der Waals surface area contributed by atoms with E-state index >= 15 is 0 Å². The minimum absolute atomic E-state index is 0.0128. The lowest BCUT2D eigenvalue weighted by atomic mass is 9.85. The fourth-order valence-electron chi connectivity index (χ4n) is 9.95. The number of ether oxygens (including phenoxy) is 1. The van der Waals surface area contributed by atoms with Crippen LogP contribution in [-0.4, -0.2) is 14.1 Å². The molecule has 0 aliphatic carbocycles. The van der Waals surface area contributed by atoms with E-state index in [1.54, 1.807) is 0 Å². The zero-order valence-corrected chi connectivity index (χ0v) is 41.3. The predicted molar refractivity (Wildman–Crippen MR) is 290 cm³/mol. The van der Waals surface area contributed by atoms with Crippen LogP contribution in [0.4, 0.5) is 0 Å². The number of aromatic nitrogens is 4. The topological polar surface area (TPSA) is 35.9 Å². The lowest BCUT2D eigenvalue weighted by Crippen LogP contribution is -2.31. The van der Waals surface area contributed by atoms with E-state index in [9.17, 15) is 0 Å². The van der Waals surface area contributed by atoms with E-state index < -0.39 is 0 Å². The molecular formula is C65H58N4O. The highest BCUT2D eigenvalue weighted by molar-refractivity contribution is 6.10. The Hall–Kier alpha value is -8.02. The van der Waals surface area contributed by atoms with Gasteiger partial charge in [0, 0.05) is 28.6 Å². The Kier molecular flexibility index (Phi) is 11.1. The van der Waals surface area contributed by atoms with Gasteiger partial charge in [0.15, 0.2) is 0 Å². The molecule has 0 bridgehead atoms. The van der Waals surface area contributed by atoms with Gasteiger partial charge in [-0.2, -0.15) is 0 Å². The minimum Gasteiger partial charge on any atom is -0.458 e. The van der Waals surface area contributed by atoms with Gasteiger partial charge in [-0.1, -0.05) is 195 Å². The van der Waals surface area contributed by atoms with Crippen molar-refractivity contribution >= 4 is 32.8 Å². The van der Waals surface area contributed by atoms with Gasteiger partial charge in [-0.3, -0.25) is 13.7 Å². The Bertz CT molecular complexity index is 3660. The van der Waals surface area contributed by atoms with Crippen LogP contribution < -0.4 is 9.30 Å². The SMILES string of the molecule is CC(C)c1cc(-n2c3ccc(C(C)(C)C)cc3c3ccc(Oc4cccc(-n5[c-][n+](-c6c(-c7ccccc7)cccc6-c6ccccc6)c6ccccc65)c4)cc32)ncc1-c1ccc(C(C)(C)C)cc1. The molecule has 3 aromatic heterocycles. The van der Waals surface area contributed by atoms with Crippen molar-refractivity contribution in [1.82, 2.24) is 14.1 Å². The molecule has 0 saturated heterocycles. The molecule has 0 N–H and O–H groups in total. The number of pyridine rings is 1. The summed E-state index contributed by atoms with van der Waals surface area (Å²) in [6.07, 6.45) is 5.88. The summed E-state index contributed by atoms with van der Waals surface area (Å²) in [6, 6.07) is 69.3. The Morgan fingerprint density at radius 1 is 0.500 bits per heavy atom. The molecule has 0 unspecified atom stereocenters. The number of imidazole rings is 1. The fourth-order valence-corrected chi connectivity index (χ4v) is 9.95. The molecule has 11 rings (SSSR count). The summed E-state index contributed by atoms with van der Waals surface area (Å²) in [6.45, 7) is 18.1. The monoisotopic (exact) mass is 910 g/mol. The van der Waals surface area contributed by atoms with E-state index in [1.807, 2.05) is 6.07 Å². The van der Waals surface area contributed by atoms with Crippen LogP contribution >= 0.6 is 0 Å². The molecule has 0 spiro atoms. The van der Waals surface area contributed by atoms with E-state index in [-0.39, 0.29) is 16.7 Å². The summed E-state index contributed by atoms with van der Waals surface area (Å²) in [7, 11) is 0. The summed E-state index contributed by atoms with van der Waals surface area (Å²) in [5.41, 5.74) is 17.1. The lowest BCUT2D eigenvalue weighted by molar-refractivity contribution is -0.571. The maximum atomic E-state index is 6.88. The van der Waals surface area contributed by atoms with Crippen LogP contribution in [0.5, 0.6) is 11.5 Å². The molecule has 0 aliphatic heterocycles. The van der Waals surface area contributed by atoms with Gasteiger partial charge in [-0.25, -0.2) is 4.98 Å². The number of rotatable bonds is 9. The first kappa shape index (κ1) is 44.5. The number of benzene rings is 8. The highest BCUT2D eigenvalue weighted by Crippen LogP contribution is 2.40. The van der Waals surface area contributed by atoms with Crippen molar-refractivity contribution < 1.29 is 9.30 Å². The molecule has 3 heterocycles. The molecule has 0 aliphatic rings. The number of nitrogens with zero attached hydrogens (tertiary/aromatic N) is 4. The van der Waals surface area contributed by atoms with Crippen molar-refractivity contribution in [3.8, 4) is 62.1 Å². The van der Waals surface area contributed by atoms with Crippen LogP contribution in [0.15, 0.2) is 200 Å². The maximum absolute atomic E-state index is 6.88. The van der Waals surface area contributed by atoms with Gasteiger partial charge in [0.05, 0.1) is 33.4 Å². The maximum Gasteiger partial charge on any atom is 0.269 e. The molecule has 344 valence electrons. The summed E-state index contributed by atoms with van der Waals surface area (Å²) in [4.78, 5) is 5.25. The van der Waals surface area contributed by atoms with Gasteiger partial charge in [-0.05, 0) is 110 Å². The van der Waals surface area contributed by atoms with Crippen LogP contribution in [0, 0.1) is 6.33 Å². The Morgan fingerprint density at radius 3 is 1.79 bits per heavy atom. The van der Waals surface area contributed by atoms with Crippen LogP contribution in [0.25, 0.3) is 83.4 Å². The van der Waals surface area contributed by atoms with E-state index in [0.717, 1.165) is 84.0 Å². The fraction of sp³-hybridized carbons (Fsp3) is 0.169. The first-order chi connectivity index (χ1) is 33.8. The number of hydrogen-bond acceptors (Lipinski definition) is 2. The third kappa shape index (κ3) is 8.15. The van der Waals surface area contributed by atoms with E-state index in [1.165, 1.54) is 27.6 Å². The molecule has 0 atom stereocenters. The van der Waals surface area contributed by atoms with Crippen molar-refractivity contribution in [1.29, 1.82) is 0 Å². The summed E-state index contributed by atoms with van der Waals surface area (Å²) < 4.78 is 13.6. The molecule has 8 aromatic carbocycles. The summed E-state index contributed by atoms with van der Waals surface area (Å²) >= 11 is 0. The van der Waals surface area contributed by atoms with Gasteiger partial charge in [0.25, 0.3) is 6.33 Å². The standard InChI is InChI=1S/C65H58N4O/c1-43(2)55-40-62(66-41-57(55)46-29-31-47(32-30-46)64(3,4)5)69-58-36-33-48(65(6,7)8)37-56(58)54-35-34-51(39-61(54)69)70-50-24-17-23-49(38-50)67-42-68(60-28-16-15-27-59(60)67)63-52(44-19-11-9-12-20-44)25-18-26-53(63)45-21-13-10-14-22-45/h9-41,43H,1-8H3. The molecule has 5 nitrogen and oxygen atoms in total. The van der Waals surface area contributed by atoms with Gasteiger partial charge >= 0.3 is 0 Å². The van der Waals surface area contributed by atoms with Gasteiger partial charge in [-0.15, -0.1) is 0 Å². The number of hydrogen-bond donors (Lipinski definition) is 0. The van der Waals surface area contributed by atoms with Crippen molar-refractivity contribution in [2.45, 2.75) is 72.1 Å². The van der Waals surface area contributed by atoms with Crippen molar-refractivity contribution in [3.63, 3.8) is 0 Å². The van der Waals surface area contributed by atoms with Crippen LogP contribution in [0.1, 0.15) is 78.0 Å². The van der Waals surface area contributed by atoms with Crippen molar-refractivity contribution in [2.75, 3.05) is 0 Å². The first-order valence-corrected chi connectivity index (χ1v) is 24.5. The van der Waals surface area contributed by atoms with E-state index in [4.69, 9.17) is 9.72 Å². The quantitative estimate of drug-likeness (QED) is 0.107. The van der Waals surface area contributed by atoms with Crippen LogP contribution in [0.2, 0.25) is 0 Å². The predicted octanol–water partition coefficient (Wildman–Crippen LogP) is 16.7. The molecular weight excluding hydrogens is 853 g/mol. The normalized spacial score (nSPS) is 12.1. The number of fused-ring (bicyclic) bond motifs is 4. The van der Waals surface area contributed by atoms with Gasteiger partial charge in [0.1, 0.15) is 17.3 Å². The van der Waals surface area contributed by atoms with Crippen LogP contribution in [-0.2, 0) is 10.8 Å². The second-order valence-electron chi connectivity index (χ2n) is 20.9. The third-order valence-electron chi connectivity index (χ3n) is 13.7. The molecule has 70 heavy (non-hydrogen) atoms. The second kappa shape index (κ2) is 17.5. The average Bonchev–Trinajstić information content (AvgIpc) is 3.91. The van der Waals surface area contributed by atoms with E-state index in [0.29, 0.717) is 0 Å². The molecule has 0 radical (unpaired) electrons. The van der Waals surface area contributed by atoms with Crippen molar-refractivity contribution in [2.24, 2.45) is 0 Å². The average molecular weight is 911 g/mol. The number of para-hydroxylation sites is 3. The lowest BCUT2D eigenvalue weighted by Gasteiger charge is -2.20. The zero-order valence-electron chi connectivity index (χ0n) is 41.3. The van der Waals surface area contributed by atoms with Gasteiger partial charge in [0.2, 0.25) is 0 Å². The highest BCUT2D eigenvalue weighted by atomic mass is 16.5. The first-order valence-electron chi connectivity index (χ1n) is 24.5.